The Morgan fingerprint density at radius 3 is 2.67 bits per heavy atom. The van der Waals surface area contributed by atoms with Crippen LogP contribution in [0.5, 0.6) is 5.88 Å². The Morgan fingerprint density at radius 1 is 1.38 bits per heavy atom. The molecular formula is C16H25BrN2O2. The zero-order valence-electron chi connectivity index (χ0n) is 13.2. The Kier molecular flexibility index (Phi) is 6.02. The van der Waals surface area contributed by atoms with E-state index in [9.17, 15) is 0 Å². The molecule has 1 fully saturated rings. The summed E-state index contributed by atoms with van der Waals surface area (Å²) in [6.07, 6.45) is 4.28. The first kappa shape index (κ1) is 16.7. The number of halogens is 1. The summed E-state index contributed by atoms with van der Waals surface area (Å²) in [5.41, 5.74) is 1.09. The van der Waals surface area contributed by atoms with Crippen molar-refractivity contribution in [3.8, 4) is 5.88 Å². The normalized spacial score (nSPS) is 26.1. The molecular weight excluding hydrogens is 332 g/mol. The molecule has 0 spiro atoms. The summed E-state index contributed by atoms with van der Waals surface area (Å²) >= 11 is 3.48. The molecule has 4 nitrogen and oxygen atoms in total. The molecule has 0 amide bonds. The number of hydrogen-bond donors (Lipinski definition) is 1. The van der Waals surface area contributed by atoms with E-state index < -0.39 is 0 Å². The van der Waals surface area contributed by atoms with E-state index >= 15 is 0 Å². The zero-order chi connectivity index (χ0) is 15.4. The van der Waals surface area contributed by atoms with Crippen molar-refractivity contribution < 1.29 is 9.47 Å². The summed E-state index contributed by atoms with van der Waals surface area (Å²) in [4.78, 5) is 4.45. The number of rotatable bonds is 5. The molecule has 0 bridgehead atoms. The van der Waals surface area contributed by atoms with Crippen LogP contribution in [0.2, 0.25) is 0 Å². The third-order valence-electron chi connectivity index (χ3n) is 3.53. The minimum Gasteiger partial charge on any atom is -0.474 e. The van der Waals surface area contributed by atoms with Gasteiger partial charge in [0.1, 0.15) is 6.10 Å². The van der Waals surface area contributed by atoms with Crippen LogP contribution in [0.1, 0.15) is 46.1 Å². The second-order valence-electron chi connectivity index (χ2n) is 6.12. The first-order valence-corrected chi connectivity index (χ1v) is 8.43. The summed E-state index contributed by atoms with van der Waals surface area (Å²) < 4.78 is 12.9. The summed E-state index contributed by atoms with van der Waals surface area (Å²) in [5.74, 6) is 0.734. The number of pyridine rings is 1. The van der Waals surface area contributed by atoms with E-state index in [1.807, 2.05) is 0 Å². The Morgan fingerprint density at radius 2 is 2.05 bits per heavy atom. The lowest BCUT2D eigenvalue weighted by molar-refractivity contribution is -0.0731. The van der Waals surface area contributed by atoms with Crippen LogP contribution >= 0.6 is 15.9 Å². The van der Waals surface area contributed by atoms with Gasteiger partial charge in [-0.15, -0.1) is 0 Å². The van der Waals surface area contributed by atoms with Crippen molar-refractivity contribution in [2.24, 2.45) is 0 Å². The van der Waals surface area contributed by atoms with Gasteiger partial charge in [-0.05, 0) is 35.8 Å². The van der Waals surface area contributed by atoms with E-state index in [0.29, 0.717) is 6.04 Å². The van der Waals surface area contributed by atoms with Crippen LogP contribution in [0.4, 0.5) is 0 Å². The maximum atomic E-state index is 6.16. The SMILES string of the molecule is CC(C)NCc1cc(Br)cnc1OC1CC(C)OC(C)C1. The van der Waals surface area contributed by atoms with Gasteiger partial charge >= 0.3 is 0 Å². The van der Waals surface area contributed by atoms with Gasteiger partial charge in [0.15, 0.2) is 0 Å². The average molecular weight is 357 g/mol. The molecule has 2 atom stereocenters. The molecule has 1 aromatic rings. The Hall–Kier alpha value is -0.650. The zero-order valence-corrected chi connectivity index (χ0v) is 14.8. The van der Waals surface area contributed by atoms with Gasteiger partial charge in [-0.25, -0.2) is 4.98 Å². The Bertz CT molecular complexity index is 458. The number of hydrogen-bond acceptors (Lipinski definition) is 4. The van der Waals surface area contributed by atoms with Gasteiger partial charge in [-0.3, -0.25) is 0 Å². The topological polar surface area (TPSA) is 43.4 Å². The standard InChI is InChI=1S/C16H25BrN2O2/c1-10(2)18-8-13-7-14(17)9-19-16(13)21-15-5-11(3)20-12(4)6-15/h7,9-12,15,18H,5-6,8H2,1-4H3. The highest BCUT2D eigenvalue weighted by Gasteiger charge is 2.26. The van der Waals surface area contributed by atoms with Crippen LogP contribution in [0.3, 0.4) is 0 Å². The van der Waals surface area contributed by atoms with Crippen LogP contribution in [0.15, 0.2) is 16.7 Å². The minimum absolute atomic E-state index is 0.176. The molecule has 2 rings (SSSR count). The van der Waals surface area contributed by atoms with Gasteiger partial charge < -0.3 is 14.8 Å². The fourth-order valence-corrected chi connectivity index (χ4v) is 2.99. The minimum atomic E-state index is 0.176. The molecule has 5 heteroatoms. The van der Waals surface area contributed by atoms with Gasteiger partial charge in [-0.1, -0.05) is 13.8 Å². The monoisotopic (exact) mass is 356 g/mol. The second kappa shape index (κ2) is 7.56. The second-order valence-corrected chi connectivity index (χ2v) is 7.04. The predicted octanol–water partition coefficient (Wildman–Crippen LogP) is 3.68. The summed E-state index contributed by atoms with van der Waals surface area (Å²) in [7, 11) is 0. The molecule has 0 aromatic carbocycles. The fraction of sp³-hybridized carbons (Fsp3) is 0.688. The van der Waals surface area contributed by atoms with Crippen molar-refractivity contribution in [2.75, 3.05) is 0 Å². The molecule has 0 saturated carbocycles. The molecule has 1 aromatic heterocycles. The Balaban J connectivity index is 2.07. The highest BCUT2D eigenvalue weighted by Crippen LogP contribution is 2.26. The largest absolute Gasteiger partial charge is 0.474 e. The molecule has 21 heavy (non-hydrogen) atoms. The summed E-state index contributed by atoms with van der Waals surface area (Å²) in [6.45, 7) is 9.22. The number of ether oxygens (including phenoxy) is 2. The van der Waals surface area contributed by atoms with Gasteiger partial charge in [0.05, 0.1) is 12.2 Å². The van der Waals surface area contributed by atoms with E-state index in [4.69, 9.17) is 9.47 Å². The third kappa shape index (κ3) is 5.24. The highest BCUT2D eigenvalue weighted by atomic mass is 79.9. The van der Waals surface area contributed by atoms with Crippen LogP contribution in [0.25, 0.3) is 0 Å². The van der Waals surface area contributed by atoms with Crippen molar-refractivity contribution in [3.63, 3.8) is 0 Å². The molecule has 1 saturated heterocycles. The van der Waals surface area contributed by atoms with E-state index in [2.05, 4.69) is 60.0 Å². The van der Waals surface area contributed by atoms with Crippen molar-refractivity contribution in [3.05, 3.63) is 22.3 Å². The van der Waals surface area contributed by atoms with Crippen LogP contribution < -0.4 is 10.1 Å². The molecule has 1 aliphatic heterocycles. The maximum Gasteiger partial charge on any atom is 0.218 e. The molecule has 1 N–H and O–H groups in total. The predicted molar refractivity (Wildman–Crippen MR) is 87.6 cm³/mol. The quantitative estimate of drug-likeness (QED) is 0.873. The molecule has 1 aliphatic rings. The molecule has 118 valence electrons. The van der Waals surface area contributed by atoms with E-state index in [0.717, 1.165) is 35.3 Å². The van der Waals surface area contributed by atoms with Crippen LogP contribution in [-0.2, 0) is 11.3 Å². The summed E-state index contributed by atoms with van der Waals surface area (Å²) in [6, 6.07) is 2.50. The lowest BCUT2D eigenvalue weighted by Gasteiger charge is -2.32. The first-order valence-electron chi connectivity index (χ1n) is 7.64. The lowest BCUT2D eigenvalue weighted by atomic mass is 10.0. The smallest absolute Gasteiger partial charge is 0.218 e. The fourth-order valence-electron chi connectivity index (χ4n) is 2.61. The van der Waals surface area contributed by atoms with Gasteiger partial charge in [0.2, 0.25) is 5.88 Å². The first-order chi connectivity index (χ1) is 9.94. The molecule has 0 radical (unpaired) electrons. The number of nitrogens with zero attached hydrogens (tertiary/aromatic N) is 1. The van der Waals surface area contributed by atoms with Crippen LogP contribution in [-0.4, -0.2) is 29.3 Å². The van der Waals surface area contributed by atoms with Gasteiger partial charge in [-0.2, -0.15) is 0 Å². The van der Waals surface area contributed by atoms with Crippen molar-refractivity contribution in [1.29, 1.82) is 0 Å². The van der Waals surface area contributed by atoms with Gasteiger partial charge in [0, 0.05) is 41.7 Å². The third-order valence-corrected chi connectivity index (χ3v) is 3.96. The number of nitrogens with one attached hydrogen (secondary N) is 1. The molecule has 0 aliphatic carbocycles. The average Bonchev–Trinajstić information content (AvgIpc) is 2.37. The molecule has 2 heterocycles. The van der Waals surface area contributed by atoms with Crippen molar-refractivity contribution in [2.45, 2.75) is 71.4 Å². The van der Waals surface area contributed by atoms with E-state index in [1.165, 1.54) is 0 Å². The van der Waals surface area contributed by atoms with Crippen LogP contribution in [0, 0.1) is 0 Å². The van der Waals surface area contributed by atoms with Crippen molar-refractivity contribution >= 4 is 15.9 Å². The van der Waals surface area contributed by atoms with Crippen molar-refractivity contribution in [1.82, 2.24) is 10.3 Å². The highest BCUT2D eigenvalue weighted by molar-refractivity contribution is 9.10. The molecule has 2 unspecified atom stereocenters. The van der Waals surface area contributed by atoms with E-state index in [1.54, 1.807) is 6.20 Å². The summed E-state index contributed by atoms with van der Waals surface area (Å²) in [5, 5.41) is 3.42. The number of aromatic nitrogens is 1. The van der Waals surface area contributed by atoms with E-state index in [-0.39, 0.29) is 18.3 Å². The maximum absolute atomic E-state index is 6.16. The Labute approximate surface area is 135 Å². The van der Waals surface area contributed by atoms with Gasteiger partial charge in [0.25, 0.3) is 0 Å². The lowest BCUT2D eigenvalue weighted by Crippen LogP contribution is -2.36.